The average Bonchev–Trinajstić information content (AvgIpc) is 2.06. The van der Waals surface area contributed by atoms with Crippen molar-refractivity contribution in [1.29, 1.82) is 0 Å². The summed E-state index contributed by atoms with van der Waals surface area (Å²) in [4.78, 5) is 0. The molecule has 1 saturated carbocycles. The lowest BCUT2D eigenvalue weighted by atomic mass is 9.88. The first-order valence-electron chi connectivity index (χ1n) is 4.53. The fourth-order valence-electron chi connectivity index (χ4n) is 1.48. The van der Waals surface area contributed by atoms with Gasteiger partial charge in [0, 0.05) is 5.70 Å². The average molecular weight is 168 g/mol. The molecule has 0 aliphatic heterocycles. The van der Waals surface area contributed by atoms with Crippen molar-refractivity contribution in [3.8, 4) is 0 Å². The predicted molar refractivity (Wildman–Crippen MR) is 50.8 cm³/mol. The van der Waals surface area contributed by atoms with Crippen molar-refractivity contribution in [2.75, 3.05) is 0 Å². The number of allylic oxidation sites excluding steroid dienone is 1. The lowest BCUT2D eigenvalue weighted by molar-refractivity contribution is 0.554. The highest BCUT2D eigenvalue weighted by Crippen LogP contribution is 2.26. The van der Waals surface area contributed by atoms with E-state index >= 15 is 0 Å². The summed E-state index contributed by atoms with van der Waals surface area (Å²) in [7, 11) is 0. The molecule has 0 spiro atoms. The Labute approximate surface area is 74.0 Å². The van der Waals surface area contributed by atoms with Crippen molar-refractivity contribution in [2.45, 2.75) is 38.3 Å². The highest BCUT2D eigenvalue weighted by atomic mass is 14.9. The summed E-state index contributed by atoms with van der Waals surface area (Å²) in [6.07, 6.45) is 7.67. The van der Waals surface area contributed by atoms with Crippen LogP contribution in [0.3, 0.4) is 0 Å². The van der Waals surface area contributed by atoms with E-state index in [1.54, 1.807) is 0 Å². The van der Waals surface area contributed by atoms with E-state index in [1.165, 1.54) is 25.2 Å². The van der Waals surface area contributed by atoms with Crippen LogP contribution < -0.4 is 17.2 Å². The van der Waals surface area contributed by atoms with Crippen LogP contribution in [-0.2, 0) is 0 Å². The molecule has 0 aromatic heterocycles. The molecule has 1 fully saturated rings. The maximum absolute atomic E-state index is 5.64. The Hall–Kier alpha value is -0.540. The third-order valence-electron chi connectivity index (χ3n) is 2.25. The van der Waals surface area contributed by atoms with Crippen molar-refractivity contribution in [2.24, 2.45) is 17.2 Å². The van der Waals surface area contributed by atoms with E-state index in [9.17, 15) is 0 Å². The van der Waals surface area contributed by atoms with E-state index in [-0.39, 0.29) is 0 Å². The Morgan fingerprint density at radius 1 is 1.17 bits per heavy atom. The van der Waals surface area contributed by atoms with Crippen LogP contribution in [0.15, 0.2) is 11.8 Å². The van der Waals surface area contributed by atoms with Gasteiger partial charge >= 0.3 is 0 Å². The van der Waals surface area contributed by atoms with Gasteiger partial charge in [0.2, 0.25) is 0 Å². The Morgan fingerprint density at radius 2 is 1.75 bits per heavy atom. The molecule has 6 N–H and O–H groups in total. The number of rotatable bonds is 2. The van der Waals surface area contributed by atoms with E-state index in [0.29, 0.717) is 5.70 Å². The molecular weight excluding hydrogens is 150 g/mol. The smallest absolute Gasteiger partial charge is 0.0928 e. The summed E-state index contributed by atoms with van der Waals surface area (Å²) >= 11 is 0. The molecule has 3 nitrogen and oxygen atoms in total. The van der Waals surface area contributed by atoms with Gasteiger partial charge in [0.25, 0.3) is 0 Å². The molecule has 0 saturated heterocycles. The minimum atomic E-state index is -0.501. The second-order valence-electron chi connectivity index (χ2n) is 3.39. The van der Waals surface area contributed by atoms with Crippen LogP contribution in [0.5, 0.6) is 0 Å². The number of hydrogen-bond donors (Lipinski definition) is 3. The van der Waals surface area contributed by atoms with Crippen molar-refractivity contribution in [3.05, 3.63) is 17.7 Å². The molecule has 1 aliphatic rings. The van der Waals surface area contributed by atoms with Gasteiger partial charge < -0.3 is 17.2 Å². The lowest BCUT2D eigenvalue weighted by Gasteiger charge is -2.18. The first-order valence-corrected chi connectivity index (χ1v) is 4.53. The summed E-state index contributed by atoms with van der Waals surface area (Å²) in [6.45, 7) is 0. The zero-order valence-electron chi connectivity index (χ0n) is 7.42. The molecule has 0 amide bonds. The summed E-state index contributed by atoms with van der Waals surface area (Å²) < 4.78 is 0. The molecule has 1 radical (unpaired) electrons. The van der Waals surface area contributed by atoms with Crippen LogP contribution in [0.2, 0.25) is 0 Å². The quantitative estimate of drug-likeness (QED) is 0.529. The predicted octanol–water partition coefficient (Wildman–Crippen LogP) is 0.611. The highest BCUT2D eigenvalue weighted by Gasteiger charge is 2.12. The van der Waals surface area contributed by atoms with Gasteiger partial charge in [0.05, 0.1) is 6.17 Å². The highest BCUT2D eigenvalue weighted by molar-refractivity contribution is 5.18. The van der Waals surface area contributed by atoms with E-state index in [1.807, 2.05) is 6.08 Å². The molecule has 0 unspecified atom stereocenters. The largest absolute Gasteiger partial charge is 0.400 e. The van der Waals surface area contributed by atoms with Crippen LogP contribution in [0.1, 0.15) is 32.1 Å². The van der Waals surface area contributed by atoms with Crippen LogP contribution >= 0.6 is 0 Å². The second-order valence-corrected chi connectivity index (χ2v) is 3.39. The summed E-state index contributed by atoms with van der Waals surface area (Å²) in [5, 5.41) is 0. The van der Waals surface area contributed by atoms with Gasteiger partial charge in [-0.3, -0.25) is 0 Å². The van der Waals surface area contributed by atoms with Crippen LogP contribution in [0, 0.1) is 5.92 Å². The van der Waals surface area contributed by atoms with Gasteiger partial charge in [0.1, 0.15) is 0 Å². The van der Waals surface area contributed by atoms with Gasteiger partial charge in [-0.1, -0.05) is 25.3 Å². The maximum atomic E-state index is 5.64. The Balaban J connectivity index is 2.41. The fraction of sp³-hybridized carbons (Fsp3) is 0.667. The molecule has 0 aromatic carbocycles. The van der Waals surface area contributed by atoms with E-state index in [0.717, 1.165) is 12.8 Å². The molecule has 0 heterocycles. The van der Waals surface area contributed by atoms with E-state index < -0.39 is 6.17 Å². The standard InChI is InChI=1S/C9H18N3/c10-8(9(11)12)6-7-4-2-1-3-5-7/h6,9H,1-5,10-12H2. The van der Waals surface area contributed by atoms with Gasteiger partial charge in [0.15, 0.2) is 0 Å². The van der Waals surface area contributed by atoms with Crippen molar-refractivity contribution < 1.29 is 0 Å². The maximum Gasteiger partial charge on any atom is 0.0928 e. The van der Waals surface area contributed by atoms with Crippen molar-refractivity contribution in [1.82, 2.24) is 0 Å². The molecule has 0 bridgehead atoms. The molecule has 12 heavy (non-hydrogen) atoms. The van der Waals surface area contributed by atoms with Crippen molar-refractivity contribution in [3.63, 3.8) is 0 Å². The Kier molecular flexibility index (Phi) is 3.56. The van der Waals surface area contributed by atoms with Gasteiger partial charge in [-0.25, -0.2) is 0 Å². The topological polar surface area (TPSA) is 78.1 Å². The Bertz CT molecular complexity index is 157. The SMILES string of the molecule is NC(=C[C]1CCCCC1)C(N)N. The first kappa shape index (κ1) is 9.55. The third-order valence-corrected chi connectivity index (χ3v) is 2.25. The van der Waals surface area contributed by atoms with Gasteiger partial charge in [-0.05, 0) is 18.8 Å². The normalized spacial score (nSPS) is 21.8. The zero-order chi connectivity index (χ0) is 8.97. The molecule has 3 heteroatoms. The van der Waals surface area contributed by atoms with Crippen LogP contribution in [0.25, 0.3) is 0 Å². The fourth-order valence-corrected chi connectivity index (χ4v) is 1.48. The van der Waals surface area contributed by atoms with E-state index in [4.69, 9.17) is 17.2 Å². The Morgan fingerprint density at radius 3 is 2.25 bits per heavy atom. The summed E-state index contributed by atoms with van der Waals surface area (Å²) in [5.41, 5.74) is 17.1. The van der Waals surface area contributed by atoms with E-state index in [2.05, 4.69) is 0 Å². The van der Waals surface area contributed by atoms with Gasteiger partial charge in [-0.2, -0.15) is 0 Å². The lowest BCUT2D eigenvalue weighted by Crippen LogP contribution is -2.36. The molecule has 1 aliphatic carbocycles. The summed E-state index contributed by atoms with van der Waals surface area (Å²) in [6, 6.07) is 0. The van der Waals surface area contributed by atoms with Crippen LogP contribution in [-0.4, -0.2) is 6.17 Å². The first-order chi connectivity index (χ1) is 5.70. The minimum Gasteiger partial charge on any atom is -0.400 e. The molecule has 0 aromatic rings. The third kappa shape index (κ3) is 2.83. The monoisotopic (exact) mass is 168 g/mol. The number of nitrogens with two attached hydrogens (primary N) is 3. The number of hydrogen-bond acceptors (Lipinski definition) is 3. The molecular formula is C9H18N3. The zero-order valence-corrected chi connectivity index (χ0v) is 7.42. The minimum absolute atomic E-state index is 0.501. The molecule has 1 rings (SSSR count). The molecule has 69 valence electrons. The van der Waals surface area contributed by atoms with Gasteiger partial charge in [-0.15, -0.1) is 0 Å². The van der Waals surface area contributed by atoms with Crippen molar-refractivity contribution >= 4 is 0 Å². The second kappa shape index (κ2) is 4.48. The molecule has 0 atom stereocenters. The summed E-state index contributed by atoms with van der Waals surface area (Å²) in [5.74, 6) is 1.40. The van der Waals surface area contributed by atoms with Crippen LogP contribution in [0.4, 0.5) is 0 Å².